The van der Waals surface area contributed by atoms with E-state index in [4.69, 9.17) is 4.74 Å². The fraction of sp³-hybridized carbons (Fsp3) is 0.174. The molecule has 1 aromatic heterocycles. The number of nitrogens with zero attached hydrogens (tertiary/aromatic N) is 3. The number of anilines is 2. The van der Waals surface area contributed by atoms with Crippen molar-refractivity contribution in [1.29, 1.82) is 0 Å². The Kier molecular flexibility index (Phi) is 5.89. The van der Waals surface area contributed by atoms with E-state index in [0.717, 1.165) is 5.82 Å². The number of carbonyl (C=O) groups is 2. The number of hydrogen-bond acceptors (Lipinski definition) is 5. The summed E-state index contributed by atoms with van der Waals surface area (Å²) < 4.78 is 5.48. The molecule has 1 saturated heterocycles. The summed E-state index contributed by atoms with van der Waals surface area (Å²) in [4.78, 5) is 32.8. The first kappa shape index (κ1) is 19.4. The molecule has 0 spiro atoms. The van der Waals surface area contributed by atoms with Crippen molar-refractivity contribution >= 4 is 23.5 Å². The van der Waals surface area contributed by atoms with E-state index < -0.39 is 0 Å². The summed E-state index contributed by atoms with van der Waals surface area (Å²) in [6, 6.07) is 21.5. The molecular formula is C23H22N4O3. The van der Waals surface area contributed by atoms with E-state index in [1.165, 1.54) is 0 Å². The van der Waals surface area contributed by atoms with Crippen LogP contribution in [0.2, 0.25) is 0 Å². The molecule has 2 aromatic carbocycles. The average Bonchev–Trinajstić information content (AvgIpc) is 2.81. The molecule has 2 heterocycles. The van der Waals surface area contributed by atoms with E-state index in [1.54, 1.807) is 47.5 Å². The lowest BCUT2D eigenvalue weighted by atomic mass is 10.2. The molecular weight excluding hydrogens is 380 g/mol. The summed E-state index contributed by atoms with van der Waals surface area (Å²) in [6.07, 6.45) is 1.39. The Labute approximate surface area is 174 Å². The van der Waals surface area contributed by atoms with E-state index >= 15 is 0 Å². The topological polar surface area (TPSA) is 74.8 Å². The summed E-state index contributed by atoms with van der Waals surface area (Å²) in [5.41, 5.74) is 1.21. The monoisotopic (exact) mass is 402 g/mol. The number of benzene rings is 2. The molecule has 4 rings (SSSR count). The summed E-state index contributed by atoms with van der Waals surface area (Å²) in [5, 5.41) is 2.82. The van der Waals surface area contributed by atoms with E-state index in [-0.39, 0.29) is 12.0 Å². The predicted molar refractivity (Wildman–Crippen MR) is 115 cm³/mol. The summed E-state index contributed by atoms with van der Waals surface area (Å²) in [7, 11) is 0. The normalized spacial score (nSPS) is 13.6. The molecule has 1 aliphatic heterocycles. The lowest BCUT2D eigenvalue weighted by Crippen LogP contribution is -2.49. The van der Waals surface area contributed by atoms with Crippen LogP contribution < -0.4 is 15.0 Å². The molecule has 1 N–H and O–H groups in total. The van der Waals surface area contributed by atoms with Gasteiger partial charge in [-0.3, -0.25) is 4.79 Å². The second-order valence-corrected chi connectivity index (χ2v) is 6.87. The van der Waals surface area contributed by atoms with Gasteiger partial charge in [-0.2, -0.15) is 0 Å². The van der Waals surface area contributed by atoms with E-state index in [1.807, 2.05) is 36.4 Å². The van der Waals surface area contributed by atoms with Gasteiger partial charge in [-0.1, -0.05) is 24.3 Å². The highest BCUT2D eigenvalue weighted by molar-refractivity contribution is 6.04. The minimum atomic E-state index is -0.378. The number of nitrogens with one attached hydrogen (secondary N) is 1. The van der Waals surface area contributed by atoms with Crippen molar-refractivity contribution in [1.82, 2.24) is 9.88 Å². The minimum Gasteiger partial charge on any atom is -0.410 e. The van der Waals surface area contributed by atoms with Gasteiger partial charge in [0.05, 0.1) is 0 Å². The maximum absolute atomic E-state index is 12.5. The average molecular weight is 402 g/mol. The van der Waals surface area contributed by atoms with Crippen molar-refractivity contribution in [3.8, 4) is 5.75 Å². The Morgan fingerprint density at radius 1 is 0.833 bits per heavy atom. The number of pyridine rings is 1. The van der Waals surface area contributed by atoms with Gasteiger partial charge >= 0.3 is 6.09 Å². The van der Waals surface area contributed by atoms with Gasteiger partial charge in [0.2, 0.25) is 0 Å². The number of carbonyl (C=O) groups excluding carboxylic acids is 2. The largest absolute Gasteiger partial charge is 0.415 e. The van der Waals surface area contributed by atoms with Crippen LogP contribution in [-0.4, -0.2) is 48.1 Å². The second-order valence-electron chi connectivity index (χ2n) is 6.87. The van der Waals surface area contributed by atoms with Crippen LogP contribution in [0.5, 0.6) is 5.75 Å². The molecule has 2 amide bonds. The van der Waals surface area contributed by atoms with Gasteiger partial charge in [0, 0.05) is 43.6 Å². The molecule has 0 unspecified atom stereocenters. The third-order valence-electron chi connectivity index (χ3n) is 4.86. The van der Waals surface area contributed by atoms with Crippen LogP contribution in [0.4, 0.5) is 16.3 Å². The Balaban J connectivity index is 1.28. The van der Waals surface area contributed by atoms with Gasteiger partial charge in [0.25, 0.3) is 5.91 Å². The van der Waals surface area contributed by atoms with Crippen LogP contribution in [-0.2, 0) is 0 Å². The van der Waals surface area contributed by atoms with Crippen LogP contribution >= 0.6 is 0 Å². The second kappa shape index (κ2) is 9.09. The van der Waals surface area contributed by atoms with E-state index in [0.29, 0.717) is 43.2 Å². The first-order chi connectivity index (χ1) is 14.7. The summed E-state index contributed by atoms with van der Waals surface area (Å²) in [5.74, 6) is 1.16. The zero-order valence-electron chi connectivity index (χ0n) is 16.4. The highest BCUT2D eigenvalue weighted by Gasteiger charge is 2.23. The van der Waals surface area contributed by atoms with Crippen LogP contribution in [0, 0.1) is 0 Å². The number of piperazine rings is 1. The number of aromatic nitrogens is 1. The molecule has 7 nitrogen and oxygen atoms in total. The van der Waals surface area contributed by atoms with Gasteiger partial charge < -0.3 is 19.9 Å². The van der Waals surface area contributed by atoms with Crippen LogP contribution in [0.3, 0.4) is 0 Å². The number of rotatable bonds is 4. The molecule has 152 valence electrons. The lowest BCUT2D eigenvalue weighted by Gasteiger charge is -2.34. The number of ether oxygens (including phenoxy) is 1. The van der Waals surface area contributed by atoms with Crippen LogP contribution in [0.15, 0.2) is 79.0 Å². The number of amides is 2. The fourth-order valence-corrected chi connectivity index (χ4v) is 3.22. The van der Waals surface area contributed by atoms with Crippen LogP contribution in [0.25, 0.3) is 0 Å². The first-order valence-corrected chi connectivity index (χ1v) is 9.78. The zero-order chi connectivity index (χ0) is 20.8. The maximum Gasteiger partial charge on any atom is 0.415 e. The fourth-order valence-electron chi connectivity index (χ4n) is 3.22. The Morgan fingerprint density at radius 3 is 2.20 bits per heavy atom. The molecule has 3 aromatic rings. The third kappa shape index (κ3) is 4.75. The van der Waals surface area contributed by atoms with Gasteiger partial charge in [0.15, 0.2) is 0 Å². The van der Waals surface area contributed by atoms with Crippen LogP contribution in [0.1, 0.15) is 10.4 Å². The van der Waals surface area contributed by atoms with Gasteiger partial charge in [-0.05, 0) is 48.5 Å². The maximum atomic E-state index is 12.5. The molecule has 1 aliphatic rings. The minimum absolute atomic E-state index is 0.189. The molecule has 0 atom stereocenters. The first-order valence-electron chi connectivity index (χ1n) is 9.78. The predicted octanol–water partition coefficient (Wildman–Crippen LogP) is 3.65. The Hall–Kier alpha value is -3.87. The van der Waals surface area contributed by atoms with E-state index in [2.05, 4.69) is 15.2 Å². The van der Waals surface area contributed by atoms with Gasteiger partial charge in [-0.25, -0.2) is 9.78 Å². The van der Waals surface area contributed by atoms with Crippen molar-refractivity contribution in [2.24, 2.45) is 0 Å². The van der Waals surface area contributed by atoms with Crippen molar-refractivity contribution in [2.45, 2.75) is 0 Å². The molecule has 0 radical (unpaired) electrons. The van der Waals surface area contributed by atoms with E-state index in [9.17, 15) is 9.59 Å². The highest BCUT2D eigenvalue weighted by atomic mass is 16.6. The SMILES string of the molecule is O=C(Nc1ccc(OC(=O)N2CCN(c3ccccn3)CC2)cc1)c1ccccc1. The highest BCUT2D eigenvalue weighted by Crippen LogP contribution is 2.18. The molecule has 30 heavy (non-hydrogen) atoms. The molecule has 7 heteroatoms. The Bertz CT molecular complexity index is 986. The van der Waals surface area contributed by atoms with Gasteiger partial charge in [-0.15, -0.1) is 0 Å². The van der Waals surface area contributed by atoms with Crippen molar-refractivity contribution < 1.29 is 14.3 Å². The molecule has 0 saturated carbocycles. The standard InChI is InChI=1S/C23H22N4O3/c28-22(18-6-2-1-3-7-18)25-19-9-11-20(12-10-19)30-23(29)27-16-14-26(15-17-27)21-8-4-5-13-24-21/h1-13H,14-17H2,(H,25,28). The summed E-state index contributed by atoms with van der Waals surface area (Å²) in [6.45, 7) is 2.55. The molecule has 0 aliphatic carbocycles. The van der Waals surface area contributed by atoms with Crippen molar-refractivity contribution in [2.75, 3.05) is 36.4 Å². The smallest absolute Gasteiger partial charge is 0.410 e. The molecule has 0 bridgehead atoms. The van der Waals surface area contributed by atoms with Crippen molar-refractivity contribution in [3.63, 3.8) is 0 Å². The van der Waals surface area contributed by atoms with Gasteiger partial charge in [0.1, 0.15) is 11.6 Å². The zero-order valence-corrected chi connectivity index (χ0v) is 16.4. The van der Waals surface area contributed by atoms with Crippen molar-refractivity contribution in [3.05, 3.63) is 84.6 Å². The number of hydrogen-bond donors (Lipinski definition) is 1. The third-order valence-corrected chi connectivity index (χ3v) is 4.86. The quantitative estimate of drug-likeness (QED) is 0.721. The Morgan fingerprint density at radius 2 is 1.53 bits per heavy atom. The lowest BCUT2D eigenvalue weighted by molar-refractivity contribution is 0.102. The molecule has 1 fully saturated rings. The summed E-state index contributed by atoms with van der Waals surface area (Å²) >= 11 is 0.